The minimum absolute atomic E-state index is 0.0456. The Morgan fingerprint density at radius 3 is 2.56 bits per heavy atom. The van der Waals surface area contributed by atoms with Gasteiger partial charge in [-0.1, -0.05) is 24.8 Å². The number of hydrogen-bond acceptors (Lipinski definition) is 9. The molecular weight excluding hydrogens is 590 g/mol. The Hall–Kier alpha value is -4.42. The van der Waals surface area contributed by atoms with Crippen molar-refractivity contribution < 1.29 is 22.1 Å². The average molecular weight is 633 g/mol. The predicted octanol–water partition coefficient (Wildman–Crippen LogP) is 4.69. The molecule has 45 heavy (non-hydrogen) atoms. The lowest BCUT2D eigenvalue weighted by molar-refractivity contribution is -0.111. The first-order chi connectivity index (χ1) is 22.7. The Morgan fingerprint density at radius 2 is 1.89 bits per heavy atom. The Balaban J connectivity index is 1.46. The van der Waals surface area contributed by atoms with Crippen LogP contribution < -0.4 is 20.3 Å². The number of benzene rings is 2. The van der Waals surface area contributed by atoms with Crippen LogP contribution in [0.5, 0.6) is 5.75 Å². The van der Waals surface area contributed by atoms with E-state index < -0.39 is 22.1 Å². The molecule has 2 aromatic heterocycles. The summed E-state index contributed by atoms with van der Waals surface area (Å²) in [5, 5.41) is 5.82. The predicted molar refractivity (Wildman–Crippen MR) is 178 cm³/mol. The zero-order valence-electron chi connectivity index (χ0n) is 28.7. The molecule has 4 aromatic rings. The fourth-order valence-electron chi connectivity index (χ4n) is 6.38. The molecule has 4 heterocycles. The highest BCUT2D eigenvalue weighted by atomic mass is 32.2. The van der Waals surface area contributed by atoms with Crippen LogP contribution in [0.15, 0.2) is 66.3 Å². The van der Waals surface area contributed by atoms with Crippen molar-refractivity contribution in [2.75, 3.05) is 55.9 Å². The van der Waals surface area contributed by atoms with Gasteiger partial charge in [0.25, 0.3) is 0 Å². The molecule has 0 radical (unpaired) electrons. The zero-order chi connectivity index (χ0) is 34.5. The van der Waals surface area contributed by atoms with Crippen LogP contribution in [0.4, 0.5) is 23.0 Å². The molecular formula is C33H39N7O4S. The number of rotatable bonds is 9. The molecule has 2 fully saturated rings. The number of amides is 1. The molecule has 0 aliphatic carbocycles. The largest absolute Gasteiger partial charge is 0.494 e. The first-order valence-corrected chi connectivity index (χ1v) is 16.3. The second-order valence-corrected chi connectivity index (χ2v) is 14.4. The summed E-state index contributed by atoms with van der Waals surface area (Å²) in [6.07, 6.45) is 3.85. The number of nitrogens with zero attached hydrogens (tertiary/aromatic N) is 5. The zero-order valence-corrected chi connectivity index (χ0v) is 26.6. The number of para-hydroxylation sites is 1. The molecule has 236 valence electrons. The number of carbonyl (C=O) groups excluding carboxylic acids is 1. The van der Waals surface area contributed by atoms with Crippen LogP contribution in [0.25, 0.3) is 22.2 Å². The van der Waals surface area contributed by atoms with Crippen molar-refractivity contribution in [1.82, 2.24) is 19.4 Å². The minimum Gasteiger partial charge on any atom is -0.494 e. The van der Waals surface area contributed by atoms with E-state index in [4.69, 9.17) is 8.85 Å². The maximum Gasteiger partial charge on any atom is 0.247 e. The summed E-state index contributed by atoms with van der Waals surface area (Å²) < 4.78 is 58.4. The second-order valence-electron chi connectivity index (χ2n) is 12.0. The van der Waals surface area contributed by atoms with E-state index in [0.29, 0.717) is 45.4 Å². The number of aryl methyl sites for hydroxylation is 1. The summed E-state index contributed by atoms with van der Waals surface area (Å²) in [7, 11) is -0.227. The highest BCUT2D eigenvalue weighted by Crippen LogP contribution is 2.43. The summed E-state index contributed by atoms with van der Waals surface area (Å²) in [4.78, 5) is 26.1. The van der Waals surface area contributed by atoms with Crippen molar-refractivity contribution in [2.45, 2.75) is 24.0 Å². The van der Waals surface area contributed by atoms with Crippen molar-refractivity contribution >= 4 is 49.7 Å². The van der Waals surface area contributed by atoms with Crippen LogP contribution >= 0.6 is 0 Å². The van der Waals surface area contributed by atoms with Gasteiger partial charge in [-0.3, -0.25) is 4.79 Å². The topological polar surface area (TPSA) is 122 Å². The van der Waals surface area contributed by atoms with Crippen LogP contribution in [-0.4, -0.2) is 79.3 Å². The van der Waals surface area contributed by atoms with Gasteiger partial charge in [-0.2, -0.15) is 0 Å². The molecule has 2 aliphatic rings. The highest BCUT2D eigenvalue weighted by molar-refractivity contribution is 7.92. The Morgan fingerprint density at radius 1 is 1.16 bits per heavy atom. The number of likely N-dealkylation sites (tertiary alicyclic amines) is 1. The third-order valence-electron chi connectivity index (χ3n) is 8.67. The number of fused-ring (bicyclic) bond motifs is 2. The SMILES string of the molecule is [2H]C([2H])([2H])n1cc(-c2nc(Nc3cc(NC(=O)C=C)c(N4C[C@H]5CN(C)C[C@H]5C4)cc3OC)ncc2S(=O)(=O)C(C)C)c2ccccc21. The van der Waals surface area contributed by atoms with E-state index in [9.17, 15) is 13.2 Å². The highest BCUT2D eigenvalue weighted by Gasteiger charge is 2.39. The van der Waals surface area contributed by atoms with Gasteiger partial charge in [-0.05, 0) is 50.9 Å². The van der Waals surface area contributed by atoms with E-state index in [1.54, 1.807) is 44.2 Å². The van der Waals surface area contributed by atoms with Gasteiger partial charge in [-0.25, -0.2) is 18.4 Å². The van der Waals surface area contributed by atoms with Crippen LogP contribution in [0, 0.1) is 11.8 Å². The first kappa shape index (κ1) is 26.9. The van der Waals surface area contributed by atoms with Crippen LogP contribution in [0.1, 0.15) is 18.0 Å². The smallest absolute Gasteiger partial charge is 0.247 e. The van der Waals surface area contributed by atoms with E-state index in [2.05, 4.69) is 44.0 Å². The lowest BCUT2D eigenvalue weighted by Crippen LogP contribution is -2.27. The number of sulfone groups is 1. The van der Waals surface area contributed by atoms with Crippen LogP contribution in [0.2, 0.25) is 0 Å². The molecule has 0 saturated carbocycles. The minimum atomic E-state index is -3.89. The van der Waals surface area contributed by atoms with Gasteiger partial charge in [0.15, 0.2) is 9.84 Å². The molecule has 11 nitrogen and oxygen atoms in total. The quantitative estimate of drug-likeness (QED) is 0.253. The van der Waals surface area contributed by atoms with E-state index in [-0.39, 0.29) is 22.4 Å². The molecule has 2 aromatic carbocycles. The van der Waals surface area contributed by atoms with Crippen LogP contribution in [0.3, 0.4) is 0 Å². The van der Waals surface area contributed by atoms with E-state index in [1.807, 2.05) is 6.07 Å². The van der Waals surface area contributed by atoms with Crippen molar-refractivity contribution in [3.8, 4) is 17.0 Å². The third-order valence-corrected chi connectivity index (χ3v) is 10.8. The van der Waals surface area contributed by atoms with Crippen molar-refractivity contribution in [3.63, 3.8) is 0 Å². The summed E-state index contributed by atoms with van der Waals surface area (Å²) in [5.74, 6) is 1.16. The molecule has 0 bridgehead atoms. The van der Waals surface area contributed by atoms with Gasteiger partial charge in [0, 0.05) is 66.0 Å². The number of ether oxygens (including phenoxy) is 1. The number of methoxy groups -OCH3 is 1. The first-order valence-electron chi connectivity index (χ1n) is 16.3. The summed E-state index contributed by atoms with van der Waals surface area (Å²) in [6, 6.07) is 10.5. The molecule has 0 spiro atoms. The number of hydrogen-bond donors (Lipinski definition) is 2. The molecule has 6 rings (SSSR count). The van der Waals surface area contributed by atoms with Gasteiger partial charge >= 0.3 is 0 Å². The summed E-state index contributed by atoms with van der Waals surface area (Å²) in [6.45, 7) is 7.91. The molecule has 2 N–H and O–H groups in total. The van der Waals surface area contributed by atoms with Crippen molar-refractivity contribution in [3.05, 3.63) is 61.4 Å². The van der Waals surface area contributed by atoms with Crippen molar-refractivity contribution in [2.24, 2.45) is 18.8 Å². The van der Waals surface area contributed by atoms with E-state index in [1.165, 1.54) is 25.6 Å². The fourth-order valence-corrected chi connectivity index (χ4v) is 7.51. The number of nitrogens with one attached hydrogen (secondary N) is 2. The molecule has 12 heteroatoms. The summed E-state index contributed by atoms with van der Waals surface area (Å²) in [5.41, 5.74) is 2.57. The number of carbonyl (C=O) groups is 1. The lowest BCUT2D eigenvalue weighted by atomic mass is 10.0. The maximum absolute atomic E-state index is 13.6. The molecule has 2 aliphatic heterocycles. The van der Waals surface area contributed by atoms with Gasteiger partial charge in [-0.15, -0.1) is 0 Å². The van der Waals surface area contributed by atoms with Gasteiger partial charge in [0.1, 0.15) is 10.6 Å². The van der Waals surface area contributed by atoms with Gasteiger partial charge in [0.05, 0.1) is 41.3 Å². The second kappa shape index (κ2) is 11.8. The standard InChI is InChI=1S/C33H39N7O4S/c1-7-31(41)35-25-12-26(29(44-6)13-28(25)40-17-21-15-38(4)16-22(21)18-40)36-33-34-14-30(45(42,43)20(2)3)32(37-33)24-19-39(5)27-11-9-8-10-23(24)27/h7-14,19-22H,1,15-18H2,2-6H3,(H,35,41)(H,34,36,37)/t21-,22+/i5D3. The Bertz CT molecular complexity index is 2000. The normalized spacial score (nSPS) is 19.7. The number of anilines is 4. The fraction of sp³-hybridized carbons (Fsp3) is 0.364. The number of aromatic nitrogens is 3. The molecule has 2 saturated heterocycles. The van der Waals surface area contributed by atoms with Crippen molar-refractivity contribution in [1.29, 1.82) is 0 Å². The van der Waals surface area contributed by atoms with Crippen LogP contribution in [-0.2, 0) is 21.6 Å². The molecule has 0 unspecified atom stereocenters. The Kier molecular flexibility index (Phi) is 7.08. The summed E-state index contributed by atoms with van der Waals surface area (Å²) >= 11 is 0. The monoisotopic (exact) mass is 632 g/mol. The van der Waals surface area contributed by atoms with Gasteiger partial charge in [0.2, 0.25) is 11.9 Å². The Labute approximate surface area is 268 Å². The molecule has 1 amide bonds. The van der Waals surface area contributed by atoms with Gasteiger partial charge < -0.3 is 29.7 Å². The van der Waals surface area contributed by atoms with E-state index in [0.717, 1.165) is 36.4 Å². The maximum atomic E-state index is 13.6. The third kappa shape index (κ3) is 5.64. The average Bonchev–Trinajstić information content (AvgIpc) is 3.72. The van der Waals surface area contributed by atoms with E-state index >= 15 is 0 Å². The molecule has 2 atom stereocenters. The lowest BCUT2D eigenvalue weighted by Gasteiger charge is -2.26.